The molecule has 8 heteroatoms. The van der Waals surface area contributed by atoms with Crippen LogP contribution in [0.5, 0.6) is 5.75 Å². The molecule has 1 aliphatic rings. The molecule has 30 heavy (non-hydrogen) atoms. The smallest absolute Gasteiger partial charge is 0.255 e. The lowest BCUT2D eigenvalue weighted by molar-refractivity contribution is 0.0948. The van der Waals surface area contributed by atoms with Crippen LogP contribution in [0.3, 0.4) is 0 Å². The van der Waals surface area contributed by atoms with Gasteiger partial charge in [-0.05, 0) is 43.5 Å². The van der Waals surface area contributed by atoms with Gasteiger partial charge in [0.25, 0.3) is 5.91 Å². The Kier molecular flexibility index (Phi) is 5.83. The number of hydrogen-bond acceptors (Lipinski definition) is 7. The fourth-order valence-corrected chi connectivity index (χ4v) is 3.67. The summed E-state index contributed by atoms with van der Waals surface area (Å²) in [5, 5.41) is 2.98. The molecule has 0 saturated carbocycles. The van der Waals surface area contributed by atoms with E-state index in [9.17, 15) is 4.79 Å². The van der Waals surface area contributed by atoms with Gasteiger partial charge in [0.2, 0.25) is 5.95 Å². The number of rotatable bonds is 6. The summed E-state index contributed by atoms with van der Waals surface area (Å²) in [6.07, 6.45) is 6.94. The number of aryl methyl sites for hydroxylation is 1. The van der Waals surface area contributed by atoms with Crippen LogP contribution >= 0.6 is 0 Å². The molecule has 1 atom stereocenters. The zero-order valence-corrected chi connectivity index (χ0v) is 17.1. The zero-order valence-electron chi connectivity index (χ0n) is 17.1. The minimum absolute atomic E-state index is 0.0594. The Labute approximate surface area is 175 Å². The number of methoxy groups -OCH3 is 1. The van der Waals surface area contributed by atoms with E-state index in [1.54, 1.807) is 31.8 Å². The third kappa shape index (κ3) is 4.22. The molecule has 1 fully saturated rings. The van der Waals surface area contributed by atoms with E-state index < -0.39 is 0 Å². The molecule has 2 aromatic heterocycles. The number of nitrogens with zero attached hydrogens (tertiary/aromatic N) is 5. The molecule has 1 aliphatic heterocycles. The Bertz CT molecular complexity index is 1010. The van der Waals surface area contributed by atoms with Crippen molar-refractivity contribution in [1.82, 2.24) is 25.3 Å². The van der Waals surface area contributed by atoms with Crippen LogP contribution in [-0.4, -0.2) is 39.5 Å². The molecule has 0 spiro atoms. The number of nitrogens with one attached hydrogen (secondary N) is 1. The van der Waals surface area contributed by atoms with Crippen molar-refractivity contribution >= 4 is 11.9 Å². The van der Waals surface area contributed by atoms with Crippen LogP contribution in [0.4, 0.5) is 5.95 Å². The van der Waals surface area contributed by atoms with Gasteiger partial charge in [0.15, 0.2) is 0 Å². The van der Waals surface area contributed by atoms with Gasteiger partial charge in [-0.2, -0.15) is 0 Å². The molecule has 3 aromatic rings. The Balaban J connectivity index is 1.56. The summed E-state index contributed by atoms with van der Waals surface area (Å²) >= 11 is 0. The molecule has 1 N–H and O–H groups in total. The summed E-state index contributed by atoms with van der Waals surface area (Å²) in [6, 6.07) is 9.34. The van der Waals surface area contributed by atoms with Gasteiger partial charge in [0.1, 0.15) is 11.6 Å². The standard InChI is InChI=1S/C22H24N6O2/c1-15-25-14-18(21(29)26-13-16-6-8-17(30-2)9-7-16)20(27-15)19-5-3-12-28(19)22-23-10-4-11-24-22/h4,6-11,14,19H,3,5,12-13H2,1-2H3,(H,26,29)/t19-/m1/s1. The van der Waals surface area contributed by atoms with Gasteiger partial charge in [-0.15, -0.1) is 0 Å². The highest BCUT2D eigenvalue weighted by Gasteiger charge is 2.32. The summed E-state index contributed by atoms with van der Waals surface area (Å²) < 4.78 is 5.18. The van der Waals surface area contributed by atoms with E-state index in [1.165, 1.54) is 0 Å². The third-order valence-corrected chi connectivity index (χ3v) is 5.17. The number of carbonyl (C=O) groups is 1. The number of ether oxygens (including phenoxy) is 1. The lowest BCUT2D eigenvalue weighted by Crippen LogP contribution is -2.30. The Morgan fingerprint density at radius 3 is 2.70 bits per heavy atom. The lowest BCUT2D eigenvalue weighted by atomic mass is 10.1. The fourth-order valence-electron chi connectivity index (χ4n) is 3.67. The van der Waals surface area contributed by atoms with Gasteiger partial charge in [-0.3, -0.25) is 4.79 Å². The minimum atomic E-state index is -0.193. The second-order valence-corrected chi connectivity index (χ2v) is 7.15. The molecule has 0 bridgehead atoms. The van der Waals surface area contributed by atoms with Crippen molar-refractivity contribution in [2.24, 2.45) is 0 Å². The maximum Gasteiger partial charge on any atom is 0.255 e. The maximum atomic E-state index is 13.0. The summed E-state index contributed by atoms with van der Waals surface area (Å²) in [6.45, 7) is 3.07. The third-order valence-electron chi connectivity index (χ3n) is 5.17. The predicted octanol–water partition coefficient (Wildman–Crippen LogP) is 2.86. The van der Waals surface area contributed by atoms with Gasteiger partial charge in [0.05, 0.1) is 24.4 Å². The van der Waals surface area contributed by atoms with Crippen molar-refractivity contribution in [3.8, 4) is 5.75 Å². The first-order valence-electron chi connectivity index (χ1n) is 9.94. The van der Waals surface area contributed by atoms with Crippen molar-refractivity contribution in [3.63, 3.8) is 0 Å². The van der Waals surface area contributed by atoms with Gasteiger partial charge in [-0.25, -0.2) is 19.9 Å². The van der Waals surface area contributed by atoms with Crippen LogP contribution in [0.25, 0.3) is 0 Å². The second-order valence-electron chi connectivity index (χ2n) is 7.15. The van der Waals surface area contributed by atoms with Crippen LogP contribution in [0.2, 0.25) is 0 Å². The SMILES string of the molecule is COc1ccc(CNC(=O)c2cnc(C)nc2[C@H]2CCCN2c2ncccn2)cc1. The molecule has 0 unspecified atom stereocenters. The first kappa shape index (κ1) is 19.8. The molecule has 1 aromatic carbocycles. The van der Waals surface area contributed by atoms with E-state index in [0.717, 1.165) is 36.4 Å². The van der Waals surface area contributed by atoms with Crippen molar-refractivity contribution in [1.29, 1.82) is 0 Å². The molecule has 1 amide bonds. The van der Waals surface area contributed by atoms with Crippen molar-refractivity contribution < 1.29 is 9.53 Å². The monoisotopic (exact) mass is 404 g/mol. The summed E-state index contributed by atoms with van der Waals surface area (Å²) in [5.41, 5.74) is 2.19. The van der Waals surface area contributed by atoms with E-state index in [-0.39, 0.29) is 11.9 Å². The average Bonchev–Trinajstić information content (AvgIpc) is 3.28. The van der Waals surface area contributed by atoms with Crippen LogP contribution in [0.1, 0.15) is 46.3 Å². The van der Waals surface area contributed by atoms with Gasteiger partial charge < -0.3 is 15.0 Å². The van der Waals surface area contributed by atoms with E-state index >= 15 is 0 Å². The predicted molar refractivity (Wildman–Crippen MR) is 112 cm³/mol. The minimum Gasteiger partial charge on any atom is -0.497 e. The lowest BCUT2D eigenvalue weighted by Gasteiger charge is -2.25. The maximum absolute atomic E-state index is 13.0. The largest absolute Gasteiger partial charge is 0.497 e. The van der Waals surface area contributed by atoms with Crippen LogP contribution < -0.4 is 15.0 Å². The number of anilines is 1. The Hall–Kier alpha value is -3.55. The Morgan fingerprint density at radius 1 is 1.20 bits per heavy atom. The number of amides is 1. The number of carbonyl (C=O) groups excluding carboxylic acids is 1. The summed E-state index contributed by atoms with van der Waals surface area (Å²) in [7, 11) is 1.63. The molecule has 0 radical (unpaired) electrons. The molecule has 8 nitrogen and oxygen atoms in total. The molecule has 4 rings (SSSR count). The normalized spacial score (nSPS) is 15.8. The zero-order chi connectivity index (χ0) is 20.9. The number of hydrogen-bond donors (Lipinski definition) is 1. The van der Waals surface area contributed by atoms with E-state index in [1.807, 2.05) is 31.2 Å². The first-order valence-corrected chi connectivity index (χ1v) is 9.94. The molecular weight excluding hydrogens is 380 g/mol. The van der Waals surface area contributed by atoms with E-state index in [0.29, 0.717) is 23.9 Å². The van der Waals surface area contributed by atoms with Crippen LogP contribution in [0, 0.1) is 6.92 Å². The van der Waals surface area contributed by atoms with E-state index in [4.69, 9.17) is 4.74 Å². The second kappa shape index (κ2) is 8.86. The van der Waals surface area contributed by atoms with Crippen molar-refractivity contribution in [2.75, 3.05) is 18.6 Å². The number of aromatic nitrogens is 4. The highest BCUT2D eigenvalue weighted by atomic mass is 16.5. The highest BCUT2D eigenvalue weighted by molar-refractivity contribution is 5.95. The quantitative estimate of drug-likeness (QED) is 0.675. The topological polar surface area (TPSA) is 93.1 Å². The van der Waals surface area contributed by atoms with Gasteiger partial charge in [0, 0.05) is 31.7 Å². The van der Waals surface area contributed by atoms with Crippen LogP contribution in [-0.2, 0) is 6.54 Å². The summed E-state index contributed by atoms with van der Waals surface area (Å²) in [4.78, 5) is 32.8. The van der Waals surface area contributed by atoms with Crippen LogP contribution in [0.15, 0.2) is 48.9 Å². The Morgan fingerprint density at radius 2 is 1.97 bits per heavy atom. The van der Waals surface area contributed by atoms with E-state index in [2.05, 4.69) is 30.2 Å². The first-order chi connectivity index (χ1) is 14.7. The average molecular weight is 404 g/mol. The fraction of sp³-hybridized carbons (Fsp3) is 0.318. The molecule has 1 saturated heterocycles. The molecule has 154 valence electrons. The van der Waals surface area contributed by atoms with Crippen molar-refractivity contribution in [2.45, 2.75) is 32.4 Å². The summed E-state index contributed by atoms with van der Waals surface area (Å²) in [5.74, 6) is 1.88. The molecule has 0 aliphatic carbocycles. The molecular formula is C22H24N6O2. The molecule has 3 heterocycles. The number of benzene rings is 1. The highest BCUT2D eigenvalue weighted by Crippen LogP contribution is 2.34. The van der Waals surface area contributed by atoms with Crippen molar-refractivity contribution in [3.05, 3.63) is 71.6 Å². The van der Waals surface area contributed by atoms with Gasteiger partial charge in [-0.1, -0.05) is 12.1 Å². The van der Waals surface area contributed by atoms with Gasteiger partial charge >= 0.3 is 0 Å².